The molecule has 1 aliphatic heterocycles. The highest BCUT2D eigenvalue weighted by atomic mass is 32.2. The average Bonchev–Trinajstić information content (AvgIpc) is 2.92. The van der Waals surface area contributed by atoms with Crippen molar-refractivity contribution < 1.29 is 22.4 Å². The maximum atomic E-state index is 14.1. The number of nitrogens with one attached hydrogen (secondary N) is 2. The van der Waals surface area contributed by atoms with Crippen LogP contribution >= 0.6 is 0 Å². The Morgan fingerprint density at radius 2 is 1.53 bits per heavy atom. The summed E-state index contributed by atoms with van der Waals surface area (Å²) in [5, 5.41) is 5.52. The van der Waals surface area contributed by atoms with E-state index in [0.717, 1.165) is 15.9 Å². The molecule has 0 saturated heterocycles. The molecule has 0 radical (unpaired) electrons. The smallest absolute Gasteiger partial charge is 0.265 e. The number of hydrogen-bond acceptors (Lipinski definition) is 4. The molecule has 4 aromatic carbocycles. The number of nitrogens with zero attached hydrogens (tertiary/aromatic N) is 1. The van der Waals surface area contributed by atoms with E-state index in [0.29, 0.717) is 24.1 Å². The van der Waals surface area contributed by atoms with E-state index in [4.69, 9.17) is 0 Å². The molecule has 2 N–H and O–H groups in total. The molecule has 4 aromatic rings. The summed E-state index contributed by atoms with van der Waals surface area (Å²) in [7, 11) is -4.09. The lowest BCUT2D eigenvalue weighted by Gasteiger charge is -2.31. The molecule has 0 aliphatic carbocycles. The number of carbonyl (C=O) groups is 2. The van der Waals surface area contributed by atoms with Crippen LogP contribution in [0.2, 0.25) is 0 Å². The minimum absolute atomic E-state index is 0.0101. The van der Waals surface area contributed by atoms with Gasteiger partial charge in [0, 0.05) is 17.7 Å². The van der Waals surface area contributed by atoms with Gasteiger partial charge in [0.05, 0.1) is 21.8 Å². The summed E-state index contributed by atoms with van der Waals surface area (Å²) in [5.74, 6) is -1.53. The van der Waals surface area contributed by atoms with Crippen molar-refractivity contribution in [3.63, 3.8) is 0 Å². The zero-order chi connectivity index (χ0) is 26.7. The van der Waals surface area contributed by atoms with Crippen LogP contribution < -0.4 is 14.9 Å². The Morgan fingerprint density at radius 3 is 2.34 bits per heavy atom. The van der Waals surface area contributed by atoms with Gasteiger partial charge in [-0.1, -0.05) is 60.7 Å². The molecule has 7 nitrogen and oxygen atoms in total. The second kappa shape index (κ2) is 10.5. The number of fused-ring (bicyclic) bond motifs is 3. The summed E-state index contributed by atoms with van der Waals surface area (Å²) in [6.45, 7) is -0.150. The molecule has 0 bridgehead atoms. The highest BCUT2D eigenvalue weighted by Gasteiger charge is 2.36. The number of amides is 2. The Morgan fingerprint density at radius 1 is 0.816 bits per heavy atom. The van der Waals surface area contributed by atoms with Gasteiger partial charge in [-0.05, 0) is 48.4 Å². The van der Waals surface area contributed by atoms with E-state index in [9.17, 15) is 22.4 Å². The molecule has 0 fully saturated rings. The third-order valence-corrected chi connectivity index (χ3v) is 8.07. The molecule has 0 atom stereocenters. The molecule has 0 saturated carbocycles. The van der Waals surface area contributed by atoms with E-state index in [2.05, 4.69) is 10.6 Å². The van der Waals surface area contributed by atoms with Crippen LogP contribution in [0.15, 0.2) is 102 Å². The predicted molar refractivity (Wildman–Crippen MR) is 144 cm³/mol. The number of sulfonamides is 1. The molecule has 0 unspecified atom stereocenters. The Kier molecular flexibility index (Phi) is 6.93. The number of anilines is 2. The first-order valence-electron chi connectivity index (χ1n) is 12.0. The van der Waals surface area contributed by atoms with Crippen molar-refractivity contribution in [2.24, 2.45) is 0 Å². The number of para-hydroxylation sites is 1. The maximum Gasteiger partial charge on any atom is 0.265 e. The summed E-state index contributed by atoms with van der Waals surface area (Å²) in [6.07, 6.45) is 0.648. The molecule has 192 valence electrons. The van der Waals surface area contributed by atoms with Gasteiger partial charge in [0.25, 0.3) is 15.9 Å². The quantitative estimate of drug-likeness (QED) is 0.366. The van der Waals surface area contributed by atoms with Gasteiger partial charge < -0.3 is 10.6 Å². The van der Waals surface area contributed by atoms with E-state index in [1.165, 1.54) is 18.2 Å². The molecule has 0 aromatic heterocycles. The molecular formula is C29H24FN3O4S. The Bertz CT molecular complexity index is 1620. The zero-order valence-corrected chi connectivity index (χ0v) is 21.0. The first kappa shape index (κ1) is 25.2. The van der Waals surface area contributed by atoms with Crippen LogP contribution in [0, 0.1) is 5.82 Å². The number of halogens is 1. The molecule has 1 aliphatic rings. The van der Waals surface area contributed by atoms with Crippen LogP contribution in [0.25, 0.3) is 11.1 Å². The van der Waals surface area contributed by atoms with Crippen LogP contribution in [-0.2, 0) is 21.2 Å². The standard InChI is InChI=1S/C29H24FN3O4S/c30-21-14-15-26-24(18-21)22-10-5-7-13-27(22)38(36,37)33(26)19-28(34)32-25-12-6-4-11-23(25)29(35)31-17-16-20-8-2-1-3-9-20/h1-15,18H,16-17,19H2,(H,31,35)(H,32,34). The number of carbonyl (C=O) groups excluding carboxylic acids is 2. The van der Waals surface area contributed by atoms with E-state index in [1.807, 2.05) is 30.3 Å². The topological polar surface area (TPSA) is 95.6 Å². The fraction of sp³-hybridized carbons (Fsp3) is 0.103. The van der Waals surface area contributed by atoms with E-state index in [1.54, 1.807) is 42.5 Å². The number of hydrogen-bond donors (Lipinski definition) is 2. The van der Waals surface area contributed by atoms with Gasteiger partial charge in [-0.2, -0.15) is 0 Å². The third kappa shape index (κ3) is 5.01. The summed E-state index contributed by atoms with van der Waals surface area (Å²) in [4.78, 5) is 26.0. The second-order valence-corrected chi connectivity index (χ2v) is 10.6. The Labute approximate surface area is 220 Å². The summed E-state index contributed by atoms with van der Waals surface area (Å²) in [6, 6.07) is 26.3. The van der Waals surface area contributed by atoms with Gasteiger partial charge in [0.15, 0.2) is 0 Å². The van der Waals surface area contributed by atoms with Crippen LogP contribution in [0.5, 0.6) is 0 Å². The van der Waals surface area contributed by atoms with Crippen molar-refractivity contribution in [2.75, 3.05) is 22.7 Å². The largest absolute Gasteiger partial charge is 0.352 e. The average molecular weight is 530 g/mol. The highest BCUT2D eigenvalue weighted by molar-refractivity contribution is 7.93. The van der Waals surface area contributed by atoms with Crippen molar-refractivity contribution in [1.82, 2.24) is 5.32 Å². The van der Waals surface area contributed by atoms with Gasteiger partial charge in [-0.25, -0.2) is 12.8 Å². The van der Waals surface area contributed by atoms with Crippen molar-refractivity contribution in [3.8, 4) is 11.1 Å². The van der Waals surface area contributed by atoms with Crippen LogP contribution in [0.3, 0.4) is 0 Å². The Balaban J connectivity index is 1.34. The van der Waals surface area contributed by atoms with Gasteiger partial charge in [-0.3, -0.25) is 13.9 Å². The fourth-order valence-corrected chi connectivity index (χ4v) is 6.09. The molecule has 2 amide bonds. The molecule has 5 rings (SSSR count). The van der Waals surface area contributed by atoms with E-state index < -0.39 is 28.3 Å². The molecule has 9 heteroatoms. The number of rotatable bonds is 7. The molecule has 0 spiro atoms. The Hall–Kier alpha value is -4.50. The normalized spacial score (nSPS) is 13.2. The van der Waals surface area contributed by atoms with Gasteiger partial charge in [0.1, 0.15) is 12.4 Å². The van der Waals surface area contributed by atoms with Crippen molar-refractivity contribution >= 4 is 33.2 Å². The molecule has 1 heterocycles. The fourth-order valence-electron chi connectivity index (χ4n) is 4.44. The van der Waals surface area contributed by atoms with Gasteiger partial charge >= 0.3 is 0 Å². The van der Waals surface area contributed by atoms with Crippen molar-refractivity contribution in [1.29, 1.82) is 0 Å². The monoisotopic (exact) mass is 529 g/mol. The minimum atomic E-state index is -4.09. The highest BCUT2D eigenvalue weighted by Crippen LogP contribution is 2.43. The lowest BCUT2D eigenvalue weighted by Crippen LogP contribution is -2.40. The van der Waals surface area contributed by atoms with Crippen LogP contribution in [-0.4, -0.2) is 33.3 Å². The minimum Gasteiger partial charge on any atom is -0.352 e. The summed E-state index contributed by atoms with van der Waals surface area (Å²) < 4.78 is 41.9. The zero-order valence-electron chi connectivity index (χ0n) is 20.2. The maximum absolute atomic E-state index is 14.1. The van der Waals surface area contributed by atoms with Crippen LogP contribution in [0.4, 0.5) is 15.8 Å². The number of benzene rings is 4. The van der Waals surface area contributed by atoms with E-state index in [-0.39, 0.29) is 27.7 Å². The van der Waals surface area contributed by atoms with Crippen LogP contribution in [0.1, 0.15) is 15.9 Å². The lowest BCUT2D eigenvalue weighted by molar-refractivity contribution is -0.114. The van der Waals surface area contributed by atoms with Crippen molar-refractivity contribution in [2.45, 2.75) is 11.3 Å². The lowest BCUT2D eigenvalue weighted by atomic mass is 10.0. The summed E-state index contributed by atoms with van der Waals surface area (Å²) in [5.41, 5.74) is 2.54. The summed E-state index contributed by atoms with van der Waals surface area (Å²) >= 11 is 0. The third-order valence-electron chi connectivity index (χ3n) is 6.25. The van der Waals surface area contributed by atoms with Gasteiger partial charge in [-0.15, -0.1) is 0 Å². The first-order chi connectivity index (χ1) is 18.3. The van der Waals surface area contributed by atoms with Gasteiger partial charge in [0.2, 0.25) is 5.91 Å². The molecular weight excluding hydrogens is 505 g/mol. The SMILES string of the molecule is O=C(CN1c2ccc(F)cc2-c2ccccc2S1(=O)=O)Nc1ccccc1C(=O)NCCc1ccccc1. The second-order valence-electron chi connectivity index (χ2n) is 8.75. The first-order valence-corrected chi connectivity index (χ1v) is 13.4. The molecule has 38 heavy (non-hydrogen) atoms. The van der Waals surface area contributed by atoms with Crippen molar-refractivity contribution in [3.05, 3.63) is 114 Å². The van der Waals surface area contributed by atoms with E-state index >= 15 is 0 Å². The predicted octanol–water partition coefficient (Wildman–Crippen LogP) is 4.61.